The molecule has 0 bridgehead atoms. The molecule has 1 N–H and O–H groups in total. The molecule has 0 aromatic heterocycles. The van der Waals surface area contributed by atoms with Gasteiger partial charge in [0.2, 0.25) is 0 Å². The smallest absolute Gasteiger partial charge is 0.396 e. The van der Waals surface area contributed by atoms with Gasteiger partial charge in [0.1, 0.15) is 0 Å². The second-order valence-electron chi connectivity index (χ2n) is 5.67. The molecule has 2 aliphatic rings. The number of ether oxygens (including phenoxy) is 1. The third-order valence-electron chi connectivity index (χ3n) is 3.79. The van der Waals surface area contributed by atoms with Crippen molar-refractivity contribution >= 4 is 0 Å². The number of halogens is 3. The molecule has 19 heavy (non-hydrogen) atoms. The summed E-state index contributed by atoms with van der Waals surface area (Å²) in [6.45, 7) is 3.39. The summed E-state index contributed by atoms with van der Waals surface area (Å²) in [5.41, 5.74) is -0.195. The Hall–Kier alpha value is -0.370. The van der Waals surface area contributed by atoms with E-state index in [1.165, 1.54) is 4.90 Å². The summed E-state index contributed by atoms with van der Waals surface area (Å²) in [5.74, 6) is 0. The van der Waals surface area contributed by atoms with Crippen LogP contribution in [0, 0.1) is 5.41 Å². The van der Waals surface area contributed by atoms with Crippen LogP contribution in [-0.4, -0.2) is 80.2 Å². The molecular formula is C12H21F3N2O2. The molecule has 0 aliphatic carbocycles. The number of aliphatic hydroxyl groups is 1. The highest BCUT2D eigenvalue weighted by atomic mass is 19.4. The molecule has 7 heteroatoms. The van der Waals surface area contributed by atoms with Gasteiger partial charge in [0.15, 0.2) is 0 Å². The Kier molecular flexibility index (Phi) is 4.70. The summed E-state index contributed by atoms with van der Waals surface area (Å²) in [6.07, 6.45) is -3.39. The minimum atomic E-state index is -4.12. The van der Waals surface area contributed by atoms with Crippen molar-refractivity contribution < 1.29 is 23.0 Å². The molecule has 2 rings (SSSR count). The quantitative estimate of drug-likeness (QED) is 0.817. The van der Waals surface area contributed by atoms with Crippen molar-refractivity contribution in [2.45, 2.75) is 12.6 Å². The molecule has 2 saturated heterocycles. The second-order valence-corrected chi connectivity index (χ2v) is 5.67. The molecule has 0 amide bonds. The van der Waals surface area contributed by atoms with E-state index in [0.717, 1.165) is 13.0 Å². The van der Waals surface area contributed by atoms with Gasteiger partial charge < -0.3 is 14.7 Å². The lowest BCUT2D eigenvalue weighted by Crippen LogP contribution is -2.53. The van der Waals surface area contributed by atoms with E-state index >= 15 is 0 Å². The van der Waals surface area contributed by atoms with Gasteiger partial charge in [0, 0.05) is 19.6 Å². The normalized spacial score (nSPS) is 25.9. The summed E-state index contributed by atoms with van der Waals surface area (Å²) in [5, 5.41) is 9.38. The number of alkyl halides is 3. The van der Waals surface area contributed by atoms with E-state index in [4.69, 9.17) is 4.74 Å². The molecule has 2 heterocycles. The fourth-order valence-corrected chi connectivity index (χ4v) is 2.69. The van der Waals surface area contributed by atoms with Crippen LogP contribution in [0.25, 0.3) is 0 Å². The molecule has 0 atom stereocenters. The van der Waals surface area contributed by atoms with Gasteiger partial charge in [0.25, 0.3) is 0 Å². The summed E-state index contributed by atoms with van der Waals surface area (Å²) in [7, 11) is 0. The summed E-state index contributed by atoms with van der Waals surface area (Å²) in [6, 6.07) is 0. The molecule has 0 saturated carbocycles. The number of nitrogens with zero attached hydrogens (tertiary/aromatic N) is 2. The van der Waals surface area contributed by atoms with Crippen molar-refractivity contribution in [3.63, 3.8) is 0 Å². The number of hydrogen-bond acceptors (Lipinski definition) is 4. The van der Waals surface area contributed by atoms with Crippen LogP contribution >= 0.6 is 0 Å². The molecule has 0 aromatic carbocycles. The highest BCUT2D eigenvalue weighted by molar-refractivity contribution is 4.89. The average molecular weight is 282 g/mol. The maximum Gasteiger partial charge on any atom is 0.401 e. The fraction of sp³-hybridized carbons (Fsp3) is 1.00. The molecule has 0 aromatic rings. The van der Waals surface area contributed by atoms with E-state index in [2.05, 4.69) is 4.90 Å². The van der Waals surface area contributed by atoms with Crippen molar-refractivity contribution in [2.24, 2.45) is 5.41 Å². The summed E-state index contributed by atoms with van der Waals surface area (Å²) < 4.78 is 42.2. The predicted molar refractivity (Wildman–Crippen MR) is 63.9 cm³/mol. The van der Waals surface area contributed by atoms with Crippen LogP contribution in [0.4, 0.5) is 13.2 Å². The van der Waals surface area contributed by atoms with Crippen molar-refractivity contribution in [3.8, 4) is 0 Å². The zero-order valence-corrected chi connectivity index (χ0v) is 11.0. The molecule has 0 radical (unpaired) electrons. The van der Waals surface area contributed by atoms with Crippen LogP contribution < -0.4 is 0 Å². The van der Waals surface area contributed by atoms with Gasteiger partial charge in [-0.15, -0.1) is 0 Å². The first-order valence-electron chi connectivity index (χ1n) is 6.63. The summed E-state index contributed by atoms with van der Waals surface area (Å²) >= 11 is 0. The van der Waals surface area contributed by atoms with Crippen molar-refractivity contribution in [1.29, 1.82) is 0 Å². The highest BCUT2D eigenvalue weighted by Gasteiger charge is 2.40. The van der Waals surface area contributed by atoms with E-state index in [9.17, 15) is 18.3 Å². The van der Waals surface area contributed by atoms with E-state index in [0.29, 0.717) is 39.4 Å². The maximum absolute atomic E-state index is 12.4. The van der Waals surface area contributed by atoms with Crippen LogP contribution in [0.2, 0.25) is 0 Å². The predicted octanol–water partition coefficient (Wildman–Crippen LogP) is 0.565. The van der Waals surface area contributed by atoms with E-state index in [-0.39, 0.29) is 12.0 Å². The Morgan fingerprint density at radius 1 is 1.05 bits per heavy atom. The minimum absolute atomic E-state index is 0.0791. The maximum atomic E-state index is 12.4. The Bertz CT molecular complexity index is 290. The molecular weight excluding hydrogens is 261 g/mol. The van der Waals surface area contributed by atoms with E-state index in [1.807, 2.05) is 0 Å². The first-order valence-corrected chi connectivity index (χ1v) is 6.63. The molecule has 112 valence electrons. The van der Waals surface area contributed by atoms with Gasteiger partial charge in [0.05, 0.1) is 31.8 Å². The Labute approximate surface area is 111 Å². The van der Waals surface area contributed by atoms with Gasteiger partial charge >= 0.3 is 6.18 Å². The topological polar surface area (TPSA) is 35.9 Å². The highest BCUT2D eigenvalue weighted by Crippen LogP contribution is 2.28. The third kappa shape index (κ3) is 4.30. The standard InChI is InChI=1S/C12H21F3N2O2/c13-12(14,15)7-17-3-1-2-16(4-5-17)6-11(8-18)9-19-10-11/h18H,1-10H2. The molecule has 0 spiro atoms. The lowest BCUT2D eigenvalue weighted by atomic mass is 9.86. The second kappa shape index (κ2) is 5.95. The largest absolute Gasteiger partial charge is 0.401 e. The number of hydrogen-bond donors (Lipinski definition) is 1. The Balaban J connectivity index is 1.80. The van der Waals surface area contributed by atoms with Gasteiger partial charge in [-0.1, -0.05) is 0 Å². The van der Waals surface area contributed by atoms with Gasteiger partial charge in [-0.25, -0.2) is 0 Å². The van der Waals surface area contributed by atoms with Gasteiger partial charge in [-0.2, -0.15) is 13.2 Å². The first kappa shape index (κ1) is 15.0. The van der Waals surface area contributed by atoms with Crippen LogP contribution in [0.1, 0.15) is 6.42 Å². The van der Waals surface area contributed by atoms with Crippen molar-refractivity contribution in [1.82, 2.24) is 9.80 Å². The average Bonchev–Trinajstić information content (AvgIpc) is 2.47. The Morgan fingerprint density at radius 2 is 1.68 bits per heavy atom. The molecule has 0 unspecified atom stereocenters. The minimum Gasteiger partial charge on any atom is -0.396 e. The molecule has 4 nitrogen and oxygen atoms in total. The summed E-state index contributed by atoms with van der Waals surface area (Å²) in [4.78, 5) is 3.61. The zero-order chi connectivity index (χ0) is 13.9. The lowest BCUT2D eigenvalue weighted by molar-refractivity contribution is -0.149. The van der Waals surface area contributed by atoms with Crippen LogP contribution in [0.5, 0.6) is 0 Å². The molecule has 2 aliphatic heterocycles. The van der Waals surface area contributed by atoms with Gasteiger partial charge in [-0.3, -0.25) is 4.90 Å². The zero-order valence-electron chi connectivity index (χ0n) is 11.0. The van der Waals surface area contributed by atoms with Crippen LogP contribution in [-0.2, 0) is 4.74 Å². The van der Waals surface area contributed by atoms with Gasteiger partial charge in [-0.05, 0) is 19.5 Å². The Morgan fingerprint density at radius 3 is 2.21 bits per heavy atom. The number of rotatable bonds is 4. The van der Waals surface area contributed by atoms with Crippen LogP contribution in [0.3, 0.4) is 0 Å². The lowest BCUT2D eigenvalue weighted by Gasteiger charge is -2.43. The van der Waals surface area contributed by atoms with Crippen molar-refractivity contribution in [3.05, 3.63) is 0 Å². The fourth-order valence-electron chi connectivity index (χ4n) is 2.69. The van der Waals surface area contributed by atoms with Crippen molar-refractivity contribution in [2.75, 3.05) is 59.1 Å². The molecule has 2 fully saturated rings. The van der Waals surface area contributed by atoms with E-state index < -0.39 is 12.7 Å². The monoisotopic (exact) mass is 282 g/mol. The number of aliphatic hydroxyl groups excluding tert-OH is 1. The van der Waals surface area contributed by atoms with E-state index in [1.54, 1.807) is 0 Å². The first-order chi connectivity index (χ1) is 8.92. The third-order valence-corrected chi connectivity index (χ3v) is 3.79. The van der Waals surface area contributed by atoms with Crippen LogP contribution in [0.15, 0.2) is 0 Å². The SMILES string of the molecule is OCC1(CN2CCCN(CC(F)(F)F)CC2)COC1.